The number of carbonyl (C=O) groups excluding carboxylic acids is 1. The highest BCUT2D eigenvalue weighted by atomic mass is 32.2. The fraction of sp³-hybridized carbons (Fsp3) is 0.923. The van der Waals surface area contributed by atoms with Crippen molar-refractivity contribution in [2.45, 2.75) is 38.6 Å². The first-order valence-electron chi connectivity index (χ1n) is 6.61. The summed E-state index contributed by atoms with van der Waals surface area (Å²) in [7, 11) is 1.96. The summed E-state index contributed by atoms with van der Waals surface area (Å²) in [6, 6.07) is 0.372. The largest absolute Gasteiger partial charge is 0.342 e. The van der Waals surface area contributed by atoms with Gasteiger partial charge in [0.25, 0.3) is 0 Å². The van der Waals surface area contributed by atoms with E-state index in [-0.39, 0.29) is 5.92 Å². The van der Waals surface area contributed by atoms with E-state index in [9.17, 15) is 4.79 Å². The molecule has 0 bridgehead atoms. The number of nitrogens with zero attached hydrogens (tertiary/aromatic N) is 1. The van der Waals surface area contributed by atoms with Crippen LogP contribution in [0.25, 0.3) is 0 Å². The molecule has 17 heavy (non-hydrogen) atoms. The average molecular weight is 258 g/mol. The number of amides is 1. The van der Waals surface area contributed by atoms with Gasteiger partial charge < -0.3 is 10.6 Å². The lowest BCUT2D eigenvalue weighted by Gasteiger charge is -2.31. The Kier molecular flexibility index (Phi) is 6.34. The van der Waals surface area contributed by atoms with Crippen molar-refractivity contribution in [1.29, 1.82) is 0 Å². The SMILES string of the molecule is CCC(CSC)N(C)C(=O)C1CCCC1CN. The Balaban J connectivity index is 2.61. The van der Waals surface area contributed by atoms with Crippen molar-refractivity contribution >= 4 is 17.7 Å². The smallest absolute Gasteiger partial charge is 0.226 e. The first kappa shape index (κ1) is 14.8. The van der Waals surface area contributed by atoms with E-state index in [1.54, 1.807) is 0 Å². The van der Waals surface area contributed by atoms with Crippen LogP contribution in [0.5, 0.6) is 0 Å². The first-order chi connectivity index (χ1) is 8.15. The molecule has 0 spiro atoms. The Morgan fingerprint density at radius 3 is 2.76 bits per heavy atom. The van der Waals surface area contributed by atoms with Crippen LogP contribution in [-0.4, -0.2) is 42.4 Å². The highest BCUT2D eigenvalue weighted by molar-refractivity contribution is 7.98. The van der Waals surface area contributed by atoms with Gasteiger partial charge in [0, 0.05) is 24.8 Å². The number of hydrogen-bond donors (Lipinski definition) is 1. The Morgan fingerprint density at radius 2 is 2.24 bits per heavy atom. The van der Waals surface area contributed by atoms with Gasteiger partial charge in [0.05, 0.1) is 0 Å². The predicted octanol–water partition coefficient (Wildman–Crippen LogP) is 1.96. The third-order valence-corrected chi connectivity index (χ3v) is 4.72. The van der Waals surface area contributed by atoms with Gasteiger partial charge in [-0.15, -0.1) is 0 Å². The highest BCUT2D eigenvalue weighted by Crippen LogP contribution is 2.32. The van der Waals surface area contributed by atoms with Crippen LogP contribution < -0.4 is 5.73 Å². The van der Waals surface area contributed by atoms with Crippen LogP contribution in [0, 0.1) is 11.8 Å². The van der Waals surface area contributed by atoms with E-state index >= 15 is 0 Å². The molecule has 0 radical (unpaired) electrons. The summed E-state index contributed by atoms with van der Waals surface area (Å²) in [5.41, 5.74) is 5.75. The van der Waals surface area contributed by atoms with Crippen LogP contribution in [0.3, 0.4) is 0 Å². The molecule has 0 aromatic heterocycles. The maximum atomic E-state index is 12.5. The van der Waals surface area contributed by atoms with Gasteiger partial charge in [0.2, 0.25) is 5.91 Å². The molecule has 3 nitrogen and oxygen atoms in total. The first-order valence-corrected chi connectivity index (χ1v) is 8.00. The average Bonchev–Trinajstić information content (AvgIpc) is 2.82. The Hall–Kier alpha value is -0.220. The zero-order valence-corrected chi connectivity index (χ0v) is 12.1. The summed E-state index contributed by atoms with van der Waals surface area (Å²) in [4.78, 5) is 14.4. The van der Waals surface area contributed by atoms with Crippen LogP contribution in [0.15, 0.2) is 0 Å². The molecular weight excluding hydrogens is 232 g/mol. The highest BCUT2D eigenvalue weighted by Gasteiger charge is 2.35. The zero-order valence-electron chi connectivity index (χ0n) is 11.3. The molecule has 2 N–H and O–H groups in total. The second-order valence-corrected chi connectivity index (χ2v) is 5.91. The number of carbonyl (C=O) groups is 1. The van der Waals surface area contributed by atoms with Gasteiger partial charge in [-0.1, -0.05) is 13.3 Å². The number of nitrogens with two attached hydrogens (primary N) is 1. The summed E-state index contributed by atoms with van der Waals surface area (Å²) in [5, 5.41) is 0. The summed E-state index contributed by atoms with van der Waals surface area (Å²) in [5.74, 6) is 1.94. The Bertz CT molecular complexity index is 248. The van der Waals surface area contributed by atoms with E-state index in [4.69, 9.17) is 5.73 Å². The van der Waals surface area contributed by atoms with Gasteiger partial charge >= 0.3 is 0 Å². The molecule has 1 fully saturated rings. The van der Waals surface area contributed by atoms with Crippen molar-refractivity contribution in [3.8, 4) is 0 Å². The minimum atomic E-state index is 0.181. The van der Waals surface area contributed by atoms with Gasteiger partial charge in [0.15, 0.2) is 0 Å². The fourth-order valence-corrected chi connectivity index (χ4v) is 3.63. The molecule has 1 amide bonds. The quantitative estimate of drug-likeness (QED) is 0.792. The van der Waals surface area contributed by atoms with Crippen LogP contribution >= 0.6 is 11.8 Å². The third kappa shape index (κ3) is 3.62. The van der Waals surface area contributed by atoms with Crippen molar-refractivity contribution in [3.63, 3.8) is 0 Å². The molecule has 0 aromatic rings. The standard InChI is InChI=1S/C13H26N2OS/c1-4-11(9-17-3)15(2)13(16)12-7-5-6-10(12)8-14/h10-12H,4-9,14H2,1-3H3. The van der Waals surface area contributed by atoms with Gasteiger partial charge in [0.1, 0.15) is 0 Å². The Labute approximate surface area is 109 Å². The molecule has 0 heterocycles. The maximum absolute atomic E-state index is 12.5. The molecule has 4 heteroatoms. The second kappa shape index (κ2) is 7.27. The van der Waals surface area contributed by atoms with Gasteiger partial charge in [-0.25, -0.2) is 0 Å². The maximum Gasteiger partial charge on any atom is 0.226 e. The second-order valence-electron chi connectivity index (χ2n) is 5.00. The van der Waals surface area contributed by atoms with E-state index in [1.165, 1.54) is 0 Å². The minimum absolute atomic E-state index is 0.181. The third-order valence-electron chi connectivity index (χ3n) is 4.00. The van der Waals surface area contributed by atoms with Crippen LogP contribution in [0.1, 0.15) is 32.6 Å². The summed E-state index contributed by atoms with van der Waals surface area (Å²) >= 11 is 1.81. The van der Waals surface area contributed by atoms with E-state index < -0.39 is 0 Å². The summed E-state index contributed by atoms with van der Waals surface area (Å²) < 4.78 is 0. The fourth-order valence-electron chi connectivity index (χ4n) is 2.78. The molecule has 3 atom stereocenters. The molecule has 100 valence electrons. The van der Waals surface area contributed by atoms with Crippen molar-refractivity contribution in [2.75, 3.05) is 25.6 Å². The van der Waals surface area contributed by atoms with E-state index in [1.807, 2.05) is 23.7 Å². The Morgan fingerprint density at radius 1 is 1.53 bits per heavy atom. The summed E-state index contributed by atoms with van der Waals surface area (Å²) in [6.45, 7) is 2.81. The van der Waals surface area contributed by atoms with Gasteiger partial charge in [-0.2, -0.15) is 11.8 Å². The molecule has 1 rings (SSSR count). The lowest BCUT2D eigenvalue weighted by atomic mass is 9.94. The predicted molar refractivity (Wildman–Crippen MR) is 75.1 cm³/mol. The number of thioether (sulfide) groups is 1. The van der Waals surface area contributed by atoms with Crippen molar-refractivity contribution in [1.82, 2.24) is 4.90 Å². The topological polar surface area (TPSA) is 46.3 Å². The van der Waals surface area contributed by atoms with Crippen LogP contribution in [0.4, 0.5) is 0 Å². The van der Waals surface area contributed by atoms with Gasteiger partial charge in [-0.05, 0) is 38.0 Å². The molecule has 1 aliphatic carbocycles. The number of rotatable bonds is 6. The molecule has 0 saturated heterocycles. The van der Waals surface area contributed by atoms with Crippen LogP contribution in [0.2, 0.25) is 0 Å². The van der Waals surface area contributed by atoms with Gasteiger partial charge in [-0.3, -0.25) is 4.79 Å². The normalized spacial score (nSPS) is 25.9. The van der Waals surface area contributed by atoms with E-state index in [0.717, 1.165) is 31.4 Å². The van der Waals surface area contributed by atoms with Crippen molar-refractivity contribution < 1.29 is 4.79 Å². The van der Waals surface area contributed by atoms with Crippen molar-refractivity contribution in [2.24, 2.45) is 17.6 Å². The molecule has 1 aliphatic rings. The van der Waals surface area contributed by atoms with E-state index in [2.05, 4.69) is 13.2 Å². The minimum Gasteiger partial charge on any atom is -0.342 e. The lowest BCUT2D eigenvalue weighted by Crippen LogP contribution is -2.43. The molecule has 3 unspecified atom stereocenters. The molecule has 0 aliphatic heterocycles. The molecule has 0 aromatic carbocycles. The van der Waals surface area contributed by atoms with Crippen LogP contribution in [-0.2, 0) is 4.79 Å². The lowest BCUT2D eigenvalue weighted by molar-refractivity contribution is -0.137. The molecule has 1 saturated carbocycles. The zero-order chi connectivity index (χ0) is 12.8. The molecular formula is C13H26N2OS. The monoisotopic (exact) mass is 258 g/mol. The van der Waals surface area contributed by atoms with Crippen molar-refractivity contribution in [3.05, 3.63) is 0 Å². The number of hydrogen-bond acceptors (Lipinski definition) is 3. The summed E-state index contributed by atoms with van der Waals surface area (Å²) in [6.07, 6.45) is 6.44. The van der Waals surface area contributed by atoms with E-state index in [0.29, 0.717) is 24.4 Å².